The van der Waals surface area contributed by atoms with Gasteiger partial charge in [-0.25, -0.2) is 4.98 Å². The predicted octanol–water partition coefficient (Wildman–Crippen LogP) is 3.79. The normalized spacial score (nSPS) is 11.8. The number of carbonyl (C=O) groups is 1. The number of nitrogens with zero attached hydrogens (tertiary/aromatic N) is 2. The highest BCUT2D eigenvalue weighted by Gasteiger charge is 2.20. The lowest BCUT2D eigenvalue weighted by Gasteiger charge is -2.19. The number of rotatable bonds is 8. The molecule has 0 saturated carbocycles. The van der Waals surface area contributed by atoms with Gasteiger partial charge >= 0.3 is 0 Å². The van der Waals surface area contributed by atoms with Gasteiger partial charge in [0.15, 0.2) is 0 Å². The Bertz CT molecular complexity index is 874. The molecule has 1 atom stereocenters. The number of aromatic nitrogens is 2. The first kappa shape index (κ1) is 18.7. The topological polar surface area (TPSA) is 56.1 Å². The number of benzene rings is 2. The first-order chi connectivity index (χ1) is 13.1. The molecule has 0 spiro atoms. The van der Waals surface area contributed by atoms with Gasteiger partial charge in [-0.05, 0) is 36.6 Å². The largest absolute Gasteiger partial charge is 0.494 e. The van der Waals surface area contributed by atoms with Crippen molar-refractivity contribution in [2.24, 2.45) is 7.05 Å². The maximum atomic E-state index is 12.5. The van der Waals surface area contributed by atoms with Crippen LogP contribution in [-0.2, 0) is 11.8 Å². The fourth-order valence-electron chi connectivity index (χ4n) is 2.96. The molecular formula is C22H25N3O2. The number of hydrogen-bond acceptors (Lipinski definition) is 3. The maximum absolute atomic E-state index is 12.5. The van der Waals surface area contributed by atoms with Gasteiger partial charge in [-0.3, -0.25) is 4.79 Å². The summed E-state index contributed by atoms with van der Waals surface area (Å²) in [5, 5.41) is 3.11. The summed E-state index contributed by atoms with van der Waals surface area (Å²) < 4.78 is 7.65. The molecule has 27 heavy (non-hydrogen) atoms. The lowest BCUT2D eigenvalue weighted by Crippen LogP contribution is -2.31. The van der Waals surface area contributed by atoms with E-state index in [0.717, 1.165) is 22.7 Å². The third kappa shape index (κ3) is 5.20. The van der Waals surface area contributed by atoms with E-state index < -0.39 is 0 Å². The molecule has 0 aliphatic carbocycles. The van der Waals surface area contributed by atoms with Crippen molar-refractivity contribution >= 4 is 5.91 Å². The summed E-state index contributed by atoms with van der Waals surface area (Å²) in [4.78, 5) is 16.9. The fourth-order valence-corrected chi connectivity index (χ4v) is 2.96. The quantitative estimate of drug-likeness (QED) is 0.620. The minimum absolute atomic E-state index is 0.0142. The molecule has 0 radical (unpaired) electrons. The van der Waals surface area contributed by atoms with Gasteiger partial charge in [0, 0.05) is 25.9 Å². The van der Waals surface area contributed by atoms with E-state index in [2.05, 4.69) is 10.3 Å². The second kappa shape index (κ2) is 9.03. The molecule has 0 aliphatic heterocycles. The Kier molecular flexibility index (Phi) is 6.26. The standard InChI is InChI=1S/C22H25N3O2/c1-17-8-6-11-19(16-17)27-15-7-12-20(26)24-21(18-9-4-3-5-10-18)22-23-13-14-25(22)2/h3-6,8-11,13-14,16,21H,7,12,15H2,1-2H3,(H,24,26). The van der Waals surface area contributed by atoms with E-state index in [1.165, 1.54) is 0 Å². The third-order valence-electron chi connectivity index (χ3n) is 4.36. The van der Waals surface area contributed by atoms with Crippen LogP contribution in [0, 0.1) is 6.92 Å². The Labute approximate surface area is 160 Å². The average Bonchev–Trinajstić information content (AvgIpc) is 3.10. The SMILES string of the molecule is Cc1cccc(OCCCC(=O)NC(c2ccccc2)c2nccn2C)c1. The summed E-state index contributed by atoms with van der Waals surface area (Å²) in [6.07, 6.45) is 4.68. The molecule has 0 fully saturated rings. The van der Waals surface area contributed by atoms with E-state index in [-0.39, 0.29) is 11.9 Å². The number of amides is 1. The van der Waals surface area contributed by atoms with Gasteiger partial charge in [0.2, 0.25) is 5.91 Å². The second-order valence-corrected chi connectivity index (χ2v) is 6.58. The van der Waals surface area contributed by atoms with Crippen LogP contribution in [0.1, 0.15) is 35.8 Å². The highest BCUT2D eigenvalue weighted by Crippen LogP contribution is 2.20. The minimum Gasteiger partial charge on any atom is -0.494 e. The van der Waals surface area contributed by atoms with Gasteiger partial charge in [0.1, 0.15) is 17.6 Å². The first-order valence-electron chi connectivity index (χ1n) is 9.14. The van der Waals surface area contributed by atoms with Crippen LogP contribution < -0.4 is 10.1 Å². The number of ether oxygens (including phenoxy) is 1. The van der Waals surface area contributed by atoms with Gasteiger partial charge in [-0.1, -0.05) is 42.5 Å². The van der Waals surface area contributed by atoms with E-state index >= 15 is 0 Å². The molecule has 0 saturated heterocycles. The smallest absolute Gasteiger partial charge is 0.220 e. The highest BCUT2D eigenvalue weighted by molar-refractivity contribution is 5.76. The summed E-state index contributed by atoms with van der Waals surface area (Å²) in [6.45, 7) is 2.54. The molecule has 0 bridgehead atoms. The van der Waals surface area contributed by atoms with E-state index in [1.807, 2.05) is 79.3 Å². The molecule has 1 heterocycles. The van der Waals surface area contributed by atoms with Crippen LogP contribution in [0.15, 0.2) is 67.0 Å². The molecule has 1 aromatic heterocycles. The third-order valence-corrected chi connectivity index (χ3v) is 4.36. The Morgan fingerprint density at radius 3 is 2.70 bits per heavy atom. The number of nitrogens with one attached hydrogen (secondary N) is 1. The van der Waals surface area contributed by atoms with Crippen LogP contribution in [0.3, 0.4) is 0 Å². The molecule has 5 heteroatoms. The summed E-state index contributed by atoms with van der Waals surface area (Å²) in [5.74, 6) is 1.64. The lowest BCUT2D eigenvalue weighted by molar-refractivity contribution is -0.121. The van der Waals surface area contributed by atoms with E-state index in [0.29, 0.717) is 19.4 Å². The Hall–Kier alpha value is -3.08. The molecule has 1 N–H and O–H groups in total. The number of hydrogen-bond donors (Lipinski definition) is 1. The number of carbonyl (C=O) groups excluding carboxylic acids is 1. The van der Waals surface area contributed by atoms with Gasteiger partial charge in [-0.15, -0.1) is 0 Å². The fraction of sp³-hybridized carbons (Fsp3) is 0.273. The van der Waals surface area contributed by atoms with Crippen molar-refractivity contribution < 1.29 is 9.53 Å². The molecule has 1 amide bonds. The van der Waals surface area contributed by atoms with Crippen molar-refractivity contribution in [2.45, 2.75) is 25.8 Å². The average molecular weight is 363 g/mol. The van der Waals surface area contributed by atoms with Crippen molar-refractivity contribution in [2.75, 3.05) is 6.61 Å². The van der Waals surface area contributed by atoms with E-state index in [9.17, 15) is 4.79 Å². The van der Waals surface area contributed by atoms with Gasteiger partial charge < -0.3 is 14.6 Å². The lowest BCUT2D eigenvalue weighted by atomic mass is 10.1. The summed E-state index contributed by atoms with van der Waals surface area (Å²) in [5.41, 5.74) is 2.17. The Balaban J connectivity index is 1.56. The van der Waals surface area contributed by atoms with Crippen molar-refractivity contribution in [3.05, 3.63) is 83.9 Å². The van der Waals surface area contributed by atoms with Crippen LogP contribution >= 0.6 is 0 Å². The van der Waals surface area contributed by atoms with Gasteiger partial charge in [-0.2, -0.15) is 0 Å². The predicted molar refractivity (Wildman–Crippen MR) is 106 cm³/mol. The zero-order chi connectivity index (χ0) is 19.1. The van der Waals surface area contributed by atoms with Gasteiger partial charge in [0.05, 0.1) is 6.61 Å². The molecule has 140 valence electrons. The molecule has 5 nitrogen and oxygen atoms in total. The molecule has 2 aromatic carbocycles. The van der Waals surface area contributed by atoms with Crippen molar-refractivity contribution in [3.63, 3.8) is 0 Å². The van der Waals surface area contributed by atoms with Crippen LogP contribution in [0.5, 0.6) is 5.75 Å². The van der Waals surface area contributed by atoms with E-state index in [1.54, 1.807) is 6.20 Å². The number of imidazole rings is 1. The van der Waals surface area contributed by atoms with Crippen LogP contribution in [-0.4, -0.2) is 22.1 Å². The van der Waals surface area contributed by atoms with E-state index in [4.69, 9.17) is 4.74 Å². The van der Waals surface area contributed by atoms with Crippen LogP contribution in [0.2, 0.25) is 0 Å². The van der Waals surface area contributed by atoms with Crippen molar-refractivity contribution in [1.29, 1.82) is 0 Å². The van der Waals surface area contributed by atoms with Crippen LogP contribution in [0.4, 0.5) is 0 Å². The molecule has 3 rings (SSSR count). The van der Waals surface area contributed by atoms with Crippen molar-refractivity contribution in [1.82, 2.24) is 14.9 Å². The number of aryl methyl sites for hydroxylation is 2. The minimum atomic E-state index is -0.267. The maximum Gasteiger partial charge on any atom is 0.220 e. The molecular weight excluding hydrogens is 338 g/mol. The molecule has 1 unspecified atom stereocenters. The Morgan fingerprint density at radius 1 is 1.19 bits per heavy atom. The zero-order valence-corrected chi connectivity index (χ0v) is 15.8. The summed E-state index contributed by atoms with van der Waals surface area (Å²) in [6, 6.07) is 17.5. The summed E-state index contributed by atoms with van der Waals surface area (Å²) in [7, 11) is 1.93. The summed E-state index contributed by atoms with van der Waals surface area (Å²) >= 11 is 0. The van der Waals surface area contributed by atoms with Crippen LogP contribution in [0.25, 0.3) is 0 Å². The highest BCUT2D eigenvalue weighted by atomic mass is 16.5. The Morgan fingerprint density at radius 2 is 2.00 bits per heavy atom. The van der Waals surface area contributed by atoms with Crippen molar-refractivity contribution in [3.8, 4) is 5.75 Å². The zero-order valence-electron chi connectivity index (χ0n) is 15.8. The first-order valence-corrected chi connectivity index (χ1v) is 9.14. The monoisotopic (exact) mass is 363 g/mol. The second-order valence-electron chi connectivity index (χ2n) is 6.58. The molecule has 0 aliphatic rings. The van der Waals surface area contributed by atoms with Gasteiger partial charge in [0.25, 0.3) is 0 Å². The molecule has 3 aromatic rings.